The highest BCUT2D eigenvalue weighted by Gasteiger charge is 2.21. The molecular weight excluding hydrogens is 388 g/mol. The van der Waals surface area contributed by atoms with Gasteiger partial charge in [0, 0.05) is 44.2 Å². The van der Waals surface area contributed by atoms with Crippen LogP contribution in [0.1, 0.15) is 23.6 Å². The molecule has 1 aliphatic heterocycles. The predicted octanol–water partition coefficient (Wildman–Crippen LogP) is 4.03. The number of hydrogen-bond donors (Lipinski definition) is 1. The Balaban J connectivity index is 1.64. The Kier molecular flexibility index (Phi) is 7.67. The lowest BCUT2D eigenvalue weighted by atomic mass is 9.99. The SMILES string of the molecule is N#CCCN1CCN(C(=S)NC(Cc2cccc(Cl)c2)c2ccccc2)CC1. The highest BCUT2D eigenvalue weighted by Crippen LogP contribution is 2.21. The molecule has 3 rings (SSSR count). The molecule has 1 N–H and O–H groups in total. The molecule has 2 aromatic carbocycles. The van der Waals surface area contributed by atoms with Gasteiger partial charge in [0.25, 0.3) is 0 Å². The summed E-state index contributed by atoms with van der Waals surface area (Å²) in [6.45, 7) is 4.49. The maximum atomic E-state index is 8.76. The Morgan fingerprint density at radius 1 is 1.11 bits per heavy atom. The van der Waals surface area contributed by atoms with E-state index in [0.717, 1.165) is 49.3 Å². The van der Waals surface area contributed by atoms with Gasteiger partial charge in [-0.25, -0.2) is 0 Å². The molecular formula is C22H25ClN4S. The van der Waals surface area contributed by atoms with E-state index in [0.29, 0.717) is 6.42 Å². The second-order valence-corrected chi connectivity index (χ2v) is 7.81. The fraction of sp³-hybridized carbons (Fsp3) is 0.364. The summed E-state index contributed by atoms with van der Waals surface area (Å²) in [5, 5.41) is 13.9. The van der Waals surface area contributed by atoms with Crippen molar-refractivity contribution in [1.82, 2.24) is 15.1 Å². The number of nitrogens with zero attached hydrogens (tertiary/aromatic N) is 3. The van der Waals surface area contributed by atoms with Crippen molar-refractivity contribution in [3.8, 4) is 6.07 Å². The van der Waals surface area contributed by atoms with Crippen molar-refractivity contribution in [1.29, 1.82) is 5.26 Å². The smallest absolute Gasteiger partial charge is 0.169 e. The lowest BCUT2D eigenvalue weighted by Crippen LogP contribution is -2.52. The Morgan fingerprint density at radius 3 is 2.54 bits per heavy atom. The second kappa shape index (κ2) is 10.4. The van der Waals surface area contributed by atoms with Crippen molar-refractivity contribution < 1.29 is 0 Å². The van der Waals surface area contributed by atoms with E-state index in [1.807, 2.05) is 24.3 Å². The molecule has 146 valence electrons. The zero-order valence-electron chi connectivity index (χ0n) is 15.9. The normalized spacial score (nSPS) is 15.6. The Bertz CT molecular complexity index is 813. The van der Waals surface area contributed by atoms with Gasteiger partial charge in [0.15, 0.2) is 5.11 Å². The van der Waals surface area contributed by atoms with Crippen LogP contribution in [0.3, 0.4) is 0 Å². The monoisotopic (exact) mass is 412 g/mol. The van der Waals surface area contributed by atoms with Crippen molar-refractivity contribution in [3.63, 3.8) is 0 Å². The van der Waals surface area contributed by atoms with Gasteiger partial charge >= 0.3 is 0 Å². The number of rotatable bonds is 6. The lowest BCUT2D eigenvalue weighted by Gasteiger charge is -2.37. The van der Waals surface area contributed by atoms with Crippen LogP contribution < -0.4 is 5.32 Å². The van der Waals surface area contributed by atoms with Gasteiger partial charge in [-0.2, -0.15) is 5.26 Å². The van der Waals surface area contributed by atoms with Crippen LogP contribution in [-0.4, -0.2) is 47.6 Å². The molecule has 0 spiro atoms. The highest BCUT2D eigenvalue weighted by atomic mass is 35.5. The fourth-order valence-electron chi connectivity index (χ4n) is 3.46. The van der Waals surface area contributed by atoms with Crippen molar-refractivity contribution in [2.45, 2.75) is 18.9 Å². The van der Waals surface area contributed by atoms with Crippen molar-refractivity contribution >= 4 is 28.9 Å². The van der Waals surface area contributed by atoms with E-state index < -0.39 is 0 Å². The largest absolute Gasteiger partial charge is 0.355 e. The van der Waals surface area contributed by atoms with Crippen molar-refractivity contribution in [2.75, 3.05) is 32.7 Å². The van der Waals surface area contributed by atoms with Gasteiger partial charge in [-0.05, 0) is 41.9 Å². The molecule has 1 atom stereocenters. The molecule has 0 bridgehead atoms. The number of piperazine rings is 1. The predicted molar refractivity (Wildman–Crippen MR) is 118 cm³/mol. The zero-order chi connectivity index (χ0) is 19.8. The molecule has 1 fully saturated rings. The molecule has 1 heterocycles. The van der Waals surface area contributed by atoms with Gasteiger partial charge in [0.1, 0.15) is 0 Å². The van der Waals surface area contributed by atoms with Gasteiger partial charge in [0.05, 0.1) is 12.1 Å². The van der Waals surface area contributed by atoms with Crippen LogP contribution >= 0.6 is 23.8 Å². The van der Waals surface area contributed by atoms with E-state index in [1.165, 1.54) is 11.1 Å². The molecule has 1 saturated heterocycles. The van der Waals surface area contributed by atoms with Gasteiger partial charge in [0.2, 0.25) is 0 Å². The number of nitrogens with one attached hydrogen (secondary N) is 1. The van der Waals surface area contributed by atoms with Crippen LogP contribution in [0.4, 0.5) is 0 Å². The summed E-state index contributed by atoms with van der Waals surface area (Å²) in [6.07, 6.45) is 1.39. The third kappa shape index (κ3) is 5.93. The quantitative estimate of drug-likeness (QED) is 0.725. The number of benzene rings is 2. The zero-order valence-corrected chi connectivity index (χ0v) is 17.4. The minimum absolute atomic E-state index is 0.0868. The van der Waals surface area contributed by atoms with E-state index >= 15 is 0 Å². The third-order valence-corrected chi connectivity index (χ3v) is 5.64. The number of nitriles is 1. The van der Waals surface area contributed by atoms with Gasteiger partial charge in [-0.3, -0.25) is 4.90 Å². The Morgan fingerprint density at radius 2 is 1.86 bits per heavy atom. The Labute approximate surface area is 177 Å². The number of hydrogen-bond acceptors (Lipinski definition) is 3. The van der Waals surface area contributed by atoms with Crippen LogP contribution in [0.2, 0.25) is 5.02 Å². The maximum Gasteiger partial charge on any atom is 0.169 e. The van der Waals surface area contributed by atoms with Crippen LogP contribution in [-0.2, 0) is 6.42 Å². The third-order valence-electron chi connectivity index (χ3n) is 5.03. The summed E-state index contributed by atoms with van der Waals surface area (Å²) >= 11 is 11.9. The van der Waals surface area contributed by atoms with Crippen LogP contribution in [0.15, 0.2) is 54.6 Å². The van der Waals surface area contributed by atoms with E-state index in [9.17, 15) is 0 Å². The average molecular weight is 413 g/mol. The molecule has 0 aliphatic carbocycles. The maximum absolute atomic E-state index is 8.76. The number of halogens is 1. The first-order valence-electron chi connectivity index (χ1n) is 9.60. The standard InChI is InChI=1S/C22H25ClN4S/c23-20-9-4-6-18(16-20)17-21(19-7-2-1-3-8-19)25-22(28)27-14-12-26(13-15-27)11-5-10-24/h1-4,6-9,16,21H,5,11-15,17H2,(H,25,28). The van der Waals surface area contributed by atoms with Crippen LogP contribution in [0.25, 0.3) is 0 Å². The first-order valence-corrected chi connectivity index (χ1v) is 10.4. The molecule has 0 saturated carbocycles. The summed E-state index contributed by atoms with van der Waals surface area (Å²) < 4.78 is 0. The molecule has 0 aromatic heterocycles. The summed E-state index contributed by atoms with van der Waals surface area (Å²) in [6, 6.07) is 20.7. The summed E-state index contributed by atoms with van der Waals surface area (Å²) in [4.78, 5) is 4.55. The van der Waals surface area contributed by atoms with E-state index in [-0.39, 0.29) is 6.04 Å². The van der Waals surface area contributed by atoms with Gasteiger partial charge < -0.3 is 10.2 Å². The van der Waals surface area contributed by atoms with Gasteiger partial charge in [-0.1, -0.05) is 54.1 Å². The summed E-state index contributed by atoms with van der Waals surface area (Å²) in [7, 11) is 0. The first kappa shape index (κ1) is 20.6. The topological polar surface area (TPSA) is 42.3 Å². The second-order valence-electron chi connectivity index (χ2n) is 6.98. The van der Waals surface area contributed by atoms with Crippen LogP contribution in [0, 0.1) is 11.3 Å². The molecule has 0 amide bonds. The summed E-state index contributed by atoms with van der Waals surface area (Å²) in [5.41, 5.74) is 2.38. The van der Waals surface area contributed by atoms with Gasteiger partial charge in [-0.15, -0.1) is 0 Å². The molecule has 1 aliphatic rings. The molecule has 6 heteroatoms. The molecule has 1 unspecified atom stereocenters. The number of thiocarbonyl (C=S) groups is 1. The Hall–Kier alpha value is -2.13. The summed E-state index contributed by atoms with van der Waals surface area (Å²) in [5.74, 6) is 0. The highest BCUT2D eigenvalue weighted by molar-refractivity contribution is 7.80. The molecule has 0 radical (unpaired) electrons. The minimum atomic E-state index is 0.0868. The molecule has 2 aromatic rings. The minimum Gasteiger partial charge on any atom is -0.355 e. The lowest BCUT2D eigenvalue weighted by molar-refractivity contribution is 0.183. The van der Waals surface area contributed by atoms with E-state index in [4.69, 9.17) is 29.1 Å². The molecule has 28 heavy (non-hydrogen) atoms. The van der Waals surface area contributed by atoms with E-state index in [2.05, 4.69) is 51.5 Å². The van der Waals surface area contributed by atoms with Crippen molar-refractivity contribution in [2.24, 2.45) is 0 Å². The van der Waals surface area contributed by atoms with Crippen molar-refractivity contribution in [3.05, 3.63) is 70.7 Å². The molecule has 4 nitrogen and oxygen atoms in total. The van der Waals surface area contributed by atoms with Crippen LogP contribution in [0.5, 0.6) is 0 Å². The average Bonchev–Trinajstić information content (AvgIpc) is 2.73. The fourth-order valence-corrected chi connectivity index (χ4v) is 4.00. The first-order chi connectivity index (χ1) is 13.7. The van der Waals surface area contributed by atoms with E-state index in [1.54, 1.807) is 0 Å².